The average molecular weight is 268 g/mol. The minimum absolute atomic E-state index is 0.228. The third-order valence-electron chi connectivity index (χ3n) is 3.41. The lowest BCUT2D eigenvalue weighted by Gasteiger charge is -2.35. The van der Waals surface area contributed by atoms with Gasteiger partial charge in [-0.25, -0.2) is 4.39 Å². The minimum atomic E-state index is -0.228. The summed E-state index contributed by atoms with van der Waals surface area (Å²) in [6.07, 6.45) is 0. The van der Waals surface area contributed by atoms with Gasteiger partial charge in [0, 0.05) is 31.2 Å². The van der Waals surface area contributed by atoms with E-state index in [0.29, 0.717) is 19.2 Å². The molecule has 19 heavy (non-hydrogen) atoms. The summed E-state index contributed by atoms with van der Waals surface area (Å²) in [6.45, 7) is 3.82. The highest BCUT2D eigenvalue weighted by Crippen LogP contribution is 2.22. The molecule has 1 atom stereocenters. The zero-order valence-electron chi connectivity index (χ0n) is 11.5. The summed E-state index contributed by atoms with van der Waals surface area (Å²) in [5, 5.41) is 3.17. The number of morpholine rings is 1. The van der Waals surface area contributed by atoms with Crippen molar-refractivity contribution < 1.29 is 13.9 Å². The van der Waals surface area contributed by atoms with Crippen LogP contribution < -0.4 is 10.1 Å². The molecular formula is C14H21FN2O2. The van der Waals surface area contributed by atoms with E-state index in [1.54, 1.807) is 19.2 Å². The molecule has 0 aromatic heterocycles. The topological polar surface area (TPSA) is 33.7 Å². The van der Waals surface area contributed by atoms with Gasteiger partial charge in [0.05, 0.1) is 20.3 Å². The van der Waals surface area contributed by atoms with E-state index in [2.05, 4.69) is 10.2 Å². The Bertz CT molecular complexity index is 412. The van der Waals surface area contributed by atoms with Gasteiger partial charge in [0.1, 0.15) is 11.6 Å². The Hall–Kier alpha value is -1.17. The van der Waals surface area contributed by atoms with Crippen LogP contribution in [0.2, 0.25) is 0 Å². The minimum Gasteiger partial charge on any atom is -0.496 e. The molecule has 1 aromatic rings. The largest absolute Gasteiger partial charge is 0.496 e. The van der Waals surface area contributed by atoms with Crippen molar-refractivity contribution in [1.82, 2.24) is 10.2 Å². The second kappa shape index (κ2) is 6.84. The molecule has 1 fully saturated rings. The molecule has 0 bridgehead atoms. The van der Waals surface area contributed by atoms with Crippen LogP contribution in [0.15, 0.2) is 18.2 Å². The van der Waals surface area contributed by atoms with Gasteiger partial charge < -0.3 is 14.8 Å². The van der Waals surface area contributed by atoms with Crippen molar-refractivity contribution in [2.24, 2.45) is 0 Å². The molecule has 1 aliphatic heterocycles. The highest BCUT2D eigenvalue weighted by Gasteiger charge is 2.23. The van der Waals surface area contributed by atoms with Crippen molar-refractivity contribution in [3.05, 3.63) is 29.6 Å². The molecule has 4 nitrogen and oxygen atoms in total. The van der Waals surface area contributed by atoms with Gasteiger partial charge in [-0.2, -0.15) is 0 Å². The van der Waals surface area contributed by atoms with E-state index < -0.39 is 0 Å². The smallest absolute Gasteiger partial charge is 0.123 e. The first-order chi connectivity index (χ1) is 9.24. The summed E-state index contributed by atoms with van der Waals surface area (Å²) in [4.78, 5) is 2.30. The molecule has 1 heterocycles. The van der Waals surface area contributed by atoms with Crippen molar-refractivity contribution in [3.63, 3.8) is 0 Å². The third kappa shape index (κ3) is 3.65. The summed E-state index contributed by atoms with van der Waals surface area (Å²) in [7, 11) is 3.54. The number of hydrogen-bond donors (Lipinski definition) is 1. The summed E-state index contributed by atoms with van der Waals surface area (Å²) in [5.41, 5.74) is 0.880. The fourth-order valence-corrected chi connectivity index (χ4v) is 2.41. The highest BCUT2D eigenvalue weighted by molar-refractivity contribution is 5.33. The maximum absolute atomic E-state index is 13.4. The zero-order chi connectivity index (χ0) is 13.7. The first-order valence-electron chi connectivity index (χ1n) is 6.53. The van der Waals surface area contributed by atoms with E-state index in [1.807, 2.05) is 7.05 Å². The van der Waals surface area contributed by atoms with E-state index in [-0.39, 0.29) is 5.82 Å². The highest BCUT2D eigenvalue weighted by atomic mass is 19.1. The molecule has 0 saturated carbocycles. The maximum Gasteiger partial charge on any atom is 0.123 e. The third-order valence-corrected chi connectivity index (χ3v) is 3.41. The summed E-state index contributed by atoms with van der Waals surface area (Å²) in [6, 6.07) is 4.96. The van der Waals surface area contributed by atoms with E-state index in [0.717, 1.165) is 31.0 Å². The van der Waals surface area contributed by atoms with Crippen LogP contribution in [0.5, 0.6) is 5.75 Å². The number of rotatable bonds is 5. The Kier molecular flexibility index (Phi) is 5.13. The molecule has 0 amide bonds. The van der Waals surface area contributed by atoms with Crippen molar-refractivity contribution in [3.8, 4) is 5.75 Å². The maximum atomic E-state index is 13.4. The van der Waals surface area contributed by atoms with Crippen LogP contribution in [0.4, 0.5) is 4.39 Å². The predicted octanol–water partition coefficient (Wildman–Crippen LogP) is 1.25. The lowest BCUT2D eigenvalue weighted by atomic mass is 10.1. The van der Waals surface area contributed by atoms with Crippen LogP contribution in [0, 0.1) is 5.82 Å². The van der Waals surface area contributed by atoms with Crippen LogP contribution in [0.1, 0.15) is 5.56 Å². The molecule has 0 spiro atoms. The van der Waals surface area contributed by atoms with Crippen LogP contribution in [0.25, 0.3) is 0 Å². The first-order valence-corrected chi connectivity index (χ1v) is 6.53. The Morgan fingerprint density at radius 1 is 1.53 bits per heavy atom. The Morgan fingerprint density at radius 3 is 3.11 bits per heavy atom. The van der Waals surface area contributed by atoms with Gasteiger partial charge in [0.2, 0.25) is 0 Å². The van der Waals surface area contributed by atoms with Crippen molar-refractivity contribution in [2.75, 3.05) is 40.5 Å². The standard InChI is InChI=1S/C14H21FN2O2/c1-16-8-13-10-19-6-5-17(13)9-11-7-12(15)3-4-14(11)18-2/h3-4,7,13,16H,5-6,8-10H2,1-2H3. The monoisotopic (exact) mass is 268 g/mol. The number of halogens is 1. The molecule has 1 saturated heterocycles. The molecule has 0 aliphatic carbocycles. The van der Waals surface area contributed by atoms with Gasteiger partial charge in [0.25, 0.3) is 0 Å². The molecule has 1 unspecified atom stereocenters. The van der Waals surface area contributed by atoms with Crippen molar-refractivity contribution in [2.45, 2.75) is 12.6 Å². The van der Waals surface area contributed by atoms with E-state index in [4.69, 9.17) is 9.47 Å². The summed E-state index contributed by atoms with van der Waals surface area (Å²) in [5.74, 6) is 0.505. The molecule has 106 valence electrons. The van der Waals surface area contributed by atoms with Gasteiger partial charge in [-0.05, 0) is 25.2 Å². The second-order valence-corrected chi connectivity index (χ2v) is 4.71. The van der Waals surface area contributed by atoms with Gasteiger partial charge in [-0.15, -0.1) is 0 Å². The lowest BCUT2D eigenvalue weighted by Crippen LogP contribution is -2.49. The fraction of sp³-hybridized carbons (Fsp3) is 0.571. The molecule has 2 rings (SSSR count). The predicted molar refractivity (Wildman–Crippen MR) is 71.9 cm³/mol. The fourth-order valence-electron chi connectivity index (χ4n) is 2.41. The van der Waals surface area contributed by atoms with Crippen LogP contribution in [-0.4, -0.2) is 51.4 Å². The summed E-state index contributed by atoms with van der Waals surface area (Å²) >= 11 is 0. The number of methoxy groups -OCH3 is 1. The second-order valence-electron chi connectivity index (χ2n) is 4.71. The van der Waals surface area contributed by atoms with Gasteiger partial charge >= 0.3 is 0 Å². The number of benzene rings is 1. The number of ether oxygens (including phenoxy) is 2. The van der Waals surface area contributed by atoms with Crippen molar-refractivity contribution in [1.29, 1.82) is 0 Å². The molecule has 5 heteroatoms. The molecule has 0 radical (unpaired) electrons. The van der Waals surface area contributed by atoms with Gasteiger partial charge in [0.15, 0.2) is 0 Å². The number of likely N-dealkylation sites (N-methyl/N-ethyl adjacent to an activating group) is 1. The van der Waals surface area contributed by atoms with Gasteiger partial charge in [-0.1, -0.05) is 0 Å². The van der Waals surface area contributed by atoms with Crippen LogP contribution in [-0.2, 0) is 11.3 Å². The zero-order valence-corrected chi connectivity index (χ0v) is 11.5. The molecule has 1 aliphatic rings. The number of hydrogen-bond acceptors (Lipinski definition) is 4. The van der Waals surface area contributed by atoms with Crippen LogP contribution >= 0.6 is 0 Å². The SMILES string of the molecule is CNCC1COCCN1Cc1cc(F)ccc1OC. The quantitative estimate of drug-likeness (QED) is 0.871. The Balaban J connectivity index is 2.11. The molecule has 1 aromatic carbocycles. The molecule has 1 N–H and O–H groups in total. The van der Waals surface area contributed by atoms with Crippen LogP contribution in [0.3, 0.4) is 0 Å². The lowest BCUT2D eigenvalue weighted by molar-refractivity contribution is -0.0106. The Morgan fingerprint density at radius 2 is 2.37 bits per heavy atom. The number of nitrogens with zero attached hydrogens (tertiary/aromatic N) is 1. The van der Waals surface area contributed by atoms with Gasteiger partial charge in [-0.3, -0.25) is 4.90 Å². The first kappa shape index (κ1) is 14.2. The van der Waals surface area contributed by atoms with Crippen molar-refractivity contribution >= 4 is 0 Å². The summed E-state index contributed by atoms with van der Waals surface area (Å²) < 4.78 is 24.2. The van der Waals surface area contributed by atoms with E-state index >= 15 is 0 Å². The van der Waals surface area contributed by atoms with E-state index in [1.165, 1.54) is 6.07 Å². The number of nitrogens with one attached hydrogen (secondary N) is 1. The molecular weight excluding hydrogens is 247 g/mol. The average Bonchev–Trinajstić information content (AvgIpc) is 2.42. The van der Waals surface area contributed by atoms with E-state index in [9.17, 15) is 4.39 Å². The Labute approximate surface area is 113 Å². The normalized spacial score (nSPS) is 20.5.